The molecule has 2 aromatic carbocycles. The Bertz CT molecular complexity index is 1290. The van der Waals surface area contributed by atoms with E-state index in [1.165, 1.54) is 11.1 Å². The van der Waals surface area contributed by atoms with E-state index in [1.54, 1.807) is 0 Å². The van der Waals surface area contributed by atoms with Gasteiger partial charge in [0.1, 0.15) is 23.1 Å². The van der Waals surface area contributed by atoms with Gasteiger partial charge in [0.15, 0.2) is 5.11 Å². The summed E-state index contributed by atoms with van der Waals surface area (Å²) in [6.45, 7) is 4.01. The van der Waals surface area contributed by atoms with Crippen LogP contribution in [0.1, 0.15) is 22.6 Å². The Morgan fingerprint density at radius 2 is 1.82 bits per heavy atom. The van der Waals surface area contributed by atoms with Crippen molar-refractivity contribution in [2.45, 2.75) is 26.4 Å². The van der Waals surface area contributed by atoms with Crippen LogP contribution in [0.25, 0.3) is 0 Å². The summed E-state index contributed by atoms with van der Waals surface area (Å²) in [5, 5.41) is 6.63. The van der Waals surface area contributed by atoms with Gasteiger partial charge in [-0.2, -0.15) is 9.97 Å². The van der Waals surface area contributed by atoms with Crippen molar-refractivity contribution in [2.24, 2.45) is 0 Å². The molecule has 0 atom stereocenters. The van der Waals surface area contributed by atoms with Crippen LogP contribution in [0.3, 0.4) is 0 Å². The Morgan fingerprint density at radius 1 is 1.03 bits per heavy atom. The van der Waals surface area contributed by atoms with Crippen molar-refractivity contribution >= 4 is 29.1 Å². The van der Waals surface area contributed by atoms with Crippen molar-refractivity contribution in [1.82, 2.24) is 15.3 Å². The molecule has 8 heteroatoms. The fraction of sp³-hybridized carbons (Fsp3) is 0.192. The van der Waals surface area contributed by atoms with Gasteiger partial charge >= 0.3 is 0 Å². The predicted molar refractivity (Wildman–Crippen MR) is 136 cm³/mol. The second-order valence-corrected chi connectivity index (χ2v) is 8.47. The minimum Gasteiger partial charge on any atom is -0.465 e. The maximum absolute atomic E-state index is 6.04. The monoisotopic (exact) mass is 471 g/mol. The van der Waals surface area contributed by atoms with Crippen LogP contribution in [-0.2, 0) is 19.5 Å². The second kappa shape index (κ2) is 9.93. The zero-order chi connectivity index (χ0) is 23.3. The van der Waals surface area contributed by atoms with Crippen molar-refractivity contribution in [3.05, 3.63) is 95.4 Å². The number of fused-ring (bicyclic) bond motifs is 1. The van der Waals surface area contributed by atoms with Crippen molar-refractivity contribution in [3.8, 4) is 11.6 Å². The number of para-hydroxylation sites is 1. The second-order valence-electron chi connectivity index (χ2n) is 8.06. The van der Waals surface area contributed by atoms with E-state index >= 15 is 0 Å². The number of rotatable bonds is 6. The zero-order valence-corrected chi connectivity index (χ0v) is 19.6. The first-order valence-electron chi connectivity index (χ1n) is 11.2. The molecule has 0 aliphatic carbocycles. The molecule has 34 heavy (non-hydrogen) atoms. The summed E-state index contributed by atoms with van der Waals surface area (Å²) in [4.78, 5) is 11.5. The summed E-state index contributed by atoms with van der Waals surface area (Å²) in [7, 11) is 0. The molecular formula is C26H25N5O2S. The summed E-state index contributed by atoms with van der Waals surface area (Å²) < 4.78 is 11.6. The molecule has 5 rings (SSSR count). The number of furan rings is 1. The molecule has 0 saturated heterocycles. The smallest absolute Gasteiger partial charge is 0.234 e. The van der Waals surface area contributed by atoms with Gasteiger partial charge in [0.05, 0.1) is 6.54 Å². The Labute approximate surface area is 203 Å². The van der Waals surface area contributed by atoms with Crippen LogP contribution < -0.4 is 20.3 Å². The summed E-state index contributed by atoms with van der Waals surface area (Å²) in [5.74, 6) is 3.96. The van der Waals surface area contributed by atoms with Crippen LogP contribution in [0, 0.1) is 6.92 Å². The molecule has 0 amide bonds. The topological polar surface area (TPSA) is 75.5 Å². The first-order valence-corrected chi connectivity index (χ1v) is 11.6. The zero-order valence-electron chi connectivity index (χ0n) is 18.8. The highest BCUT2D eigenvalue weighted by atomic mass is 32.1. The molecule has 0 radical (unpaired) electrons. The first kappa shape index (κ1) is 21.9. The summed E-state index contributed by atoms with van der Waals surface area (Å²) >= 11 is 5.47. The van der Waals surface area contributed by atoms with Crippen LogP contribution in [0.15, 0.2) is 77.2 Å². The van der Waals surface area contributed by atoms with Crippen LogP contribution in [0.5, 0.6) is 11.6 Å². The lowest BCUT2D eigenvalue weighted by Gasteiger charge is -2.30. The van der Waals surface area contributed by atoms with E-state index < -0.39 is 0 Å². The van der Waals surface area contributed by atoms with E-state index in [-0.39, 0.29) is 0 Å². The predicted octanol–water partition coefficient (Wildman–Crippen LogP) is 5.22. The van der Waals surface area contributed by atoms with Crippen LogP contribution in [0.2, 0.25) is 0 Å². The molecule has 3 heterocycles. The fourth-order valence-corrected chi connectivity index (χ4v) is 4.04. The Morgan fingerprint density at radius 3 is 2.62 bits per heavy atom. The standard InChI is InChI=1S/C26H25N5O2S/c1-18-11-12-22(32-18)16-27-26(34)30-25-28-23(15-24(29-25)33-21-9-3-2-4-10-21)31-14-13-19-7-5-6-8-20(19)17-31/h2-12,15H,13-14,16-17H2,1H3,(H2,27,28,29,30,34). The highest BCUT2D eigenvalue weighted by molar-refractivity contribution is 7.80. The molecule has 2 aromatic heterocycles. The molecule has 7 nitrogen and oxygen atoms in total. The number of anilines is 2. The number of aryl methyl sites for hydroxylation is 1. The van der Waals surface area contributed by atoms with Gasteiger partial charge in [-0.15, -0.1) is 0 Å². The summed E-state index contributed by atoms with van der Waals surface area (Å²) in [6, 6.07) is 23.8. The van der Waals surface area contributed by atoms with Gasteiger partial charge in [-0.25, -0.2) is 0 Å². The first-order chi connectivity index (χ1) is 16.6. The van der Waals surface area contributed by atoms with Gasteiger partial charge in [0.2, 0.25) is 11.8 Å². The van der Waals surface area contributed by atoms with E-state index in [0.29, 0.717) is 29.2 Å². The molecule has 2 N–H and O–H groups in total. The third-order valence-electron chi connectivity index (χ3n) is 5.55. The average molecular weight is 472 g/mol. The van der Waals surface area contributed by atoms with Gasteiger partial charge in [-0.1, -0.05) is 42.5 Å². The minimum absolute atomic E-state index is 0.371. The normalized spacial score (nSPS) is 12.7. The van der Waals surface area contributed by atoms with E-state index in [9.17, 15) is 0 Å². The third-order valence-corrected chi connectivity index (χ3v) is 5.80. The summed E-state index contributed by atoms with van der Waals surface area (Å²) in [5.41, 5.74) is 2.68. The molecule has 0 saturated carbocycles. The lowest BCUT2D eigenvalue weighted by molar-refractivity contribution is 0.462. The number of thiocarbonyl (C=S) groups is 1. The minimum atomic E-state index is 0.371. The Hall–Kier alpha value is -3.91. The fourth-order valence-electron chi connectivity index (χ4n) is 3.88. The lowest BCUT2D eigenvalue weighted by Crippen LogP contribution is -2.32. The van der Waals surface area contributed by atoms with Crippen molar-refractivity contribution in [2.75, 3.05) is 16.8 Å². The number of aromatic nitrogens is 2. The molecule has 4 aromatic rings. The number of benzene rings is 2. The maximum atomic E-state index is 6.04. The van der Waals surface area contributed by atoms with Gasteiger partial charge in [-0.3, -0.25) is 0 Å². The van der Waals surface area contributed by atoms with E-state index in [2.05, 4.69) is 44.8 Å². The molecule has 172 valence electrons. The number of nitrogens with zero attached hydrogens (tertiary/aromatic N) is 3. The van der Waals surface area contributed by atoms with Crippen molar-refractivity contribution in [1.29, 1.82) is 0 Å². The molecule has 0 spiro atoms. The van der Waals surface area contributed by atoms with Crippen LogP contribution in [0.4, 0.5) is 11.8 Å². The van der Waals surface area contributed by atoms with Gasteiger partial charge in [-0.05, 0) is 61.0 Å². The van der Waals surface area contributed by atoms with Crippen molar-refractivity contribution in [3.63, 3.8) is 0 Å². The SMILES string of the molecule is Cc1ccc(CNC(=S)Nc2nc(Oc3ccccc3)cc(N3CCc4ccccc4C3)n2)o1. The van der Waals surface area contributed by atoms with Crippen LogP contribution in [-0.4, -0.2) is 21.6 Å². The van der Waals surface area contributed by atoms with E-state index in [0.717, 1.165) is 36.8 Å². The lowest BCUT2D eigenvalue weighted by atomic mass is 10.00. The van der Waals surface area contributed by atoms with Crippen LogP contribution >= 0.6 is 12.2 Å². The summed E-state index contributed by atoms with van der Waals surface area (Å²) in [6.07, 6.45) is 0.959. The number of ether oxygens (including phenoxy) is 1. The largest absolute Gasteiger partial charge is 0.465 e. The highest BCUT2D eigenvalue weighted by Gasteiger charge is 2.19. The molecule has 1 aliphatic rings. The van der Waals surface area contributed by atoms with E-state index in [1.807, 2.05) is 55.5 Å². The molecule has 0 fully saturated rings. The third kappa shape index (κ3) is 5.35. The average Bonchev–Trinajstić information content (AvgIpc) is 3.28. The van der Waals surface area contributed by atoms with Gasteiger partial charge in [0, 0.05) is 19.2 Å². The Kier molecular flexibility index (Phi) is 6.40. The van der Waals surface area contributed by atoms with Gasteiger partial charge in [0.25, 0.3) is 0 Å². The highest BCUT2D eigenvalue weighted by Crippen LogP contribution is 2.28. The molecule has 0 bridgehead atoms. The quantitative estimate of drug-likeness (QED) is 0.371. The molecule has 0 unspecified atom stereocenters. The number of nitrogens with one attached hydrogen (secondary N) is 2. The maximum Gasteiger partial charge on any atom is 0.234 e. The van der Waals surface area contributed by atoms with E-state index in [4.69, 9.17) is 26.4 Å². The number of hydrogen-bond acceptors (Lipinski definition) is 6. The molecule has 1 aliphatic heterocycles. The number of hydrogen-bond donors (Lipinski definition) is 2. The van der Waals surface area contributed by atoms with Gasteiger partial charge < -0.3 is 24.7 Å². The Balaban J connectivity index is 1.36. The van der Waals surface area contributed by atoms with Crippen molar-refractivity contribution < 1.29 is 9.15 Å². The molecular weight excluding hydrogens is 446 g/mol.